The van der Waals surface area contributed by atoms with E-state index < -0.39 is 17.4 Å². The first-order valence-electron chi connectivity index (χ1n) is 9.16. The molecule has 2 N–H and O–H groups in total. The van der Waals surface area contributed by atoms with Gasteiger partial charge in [-0.15, -0.1) is 0 Å². The third kappa shape index (κ3) is 3.79. The van der Waals surface area contributed by atoms with E-state index in [0.29, 0.717) is 22.5 Å². The number of aliphatic hydroxyl groups excluding tert-OH is 1. The van der Waals surface area contributed by atoms with Gasteiger partial charge in [-0.1, -0.05) is 23.7 Å². The Bertz CT molecular complexity index is 1290. The zero-order valence-electron chi connectivity index (χ0n) is 15.9. The number of hydrogen-bond donors (Lipinski definition) is 2. The molecule has 2 aliphatic rings. The molecule has 2 heterocycles. The van der Waals surface area contributed by atoms with Crippen LogP contribution >= 0.6 is 11.6 Å². The number of benzene rings is 2. The van der Waals surface area contributed by atoms with Crippen LogP contribution in [0.15, 0.2) is 46.0 Å². The first kappa shape index (κ1) is 19.3. The molecule has 29 heavy (non-hydrogen) atoms. The number of aryl methyl sites for hydroxylation is 2. The molecule has 0 aliphatic carbocycles. The lowest BCUT2D eigenvalue weighted by Crippen LogP contribution is -2.30. The van der Waals surface area contributed by atoms with E-state index in [1.807, 2.05) is 38.1 Å². The maximum Gasteiger partial charge on any atom is 0.349 e. The van der Waals surface area contributed by atoms with Crippen LogP contribution < -0.4 is 11.2 Å². The van der Waals surface area contributed by atoms with Crippen LogP contribution in [0.5, 0.6) is 0 Å². The van der Waals surface area contributed by atoms with Crippen molar-refractivity contribution in [3.8, 4) is 11.5 Å². The van der Waals surface area contributed by atoms with E-state index in [2.05, 4.69) is 15.0 Å². The molecule has 2 aliphatic heterocycles. The molecule has 7 nitrogen and oxygen atoms in total. The second kappa shape index (κ2) is 7.42. The van der Waals surface area contributed by atoms with Crippen LogP contribution in [0.4, 0.5) is 0 Å². The Morgan fingerprint density at radius 2 is 1.79 bits per heavy atom. The van der Waals surface area contributed by atoms with E-state index in [9.17, 15) is 14.7 Å². The van der Waals surface area contributed by atoms with Crippen molar-refractivity contribution in [2.45, 2.75) is 32.9 Å². The molecule has 1 atom stereocenters. The fourth-order valence-electron chi connectivity index (χ4n) is 3.40. The summed E-state index contributed by atoms with van der Waals surface area (Å²) in [6, 6.07) is 11.1. The lowest BCUT2D eigenvalue weighted by Gasteiger charge is -2.20. The molecular formula is C21H19ClN4O3. The molecule has 1 unspecified atom stereocenters. The number of aromatic amines is 1. The first-order valence-corrected chi connectivity index (χ1v) is 9.54. The van der Waals surface area contributed by atoms with Crippen molar-refractivity contribution in [1.82, 2.24) is 19.5 Å². The minimum absolute atomic E-state index is 0.0686. The van der Waals surface area contributed by atoms with Crippen molar-refractivity contribution < 1.29 is 5.11 Å². The van der Waals surface area contributed by atoms with Gasteiger partial charge in [0, 0.05) is 11.4 Å². The van der Waals surface area contributed by atoms with Gasteiger partial charge in [0.05, 0.1) is 23.7 Å². The summed E-state index contributed by atoms with van der Waals surface area (Å²) in [5.74, 6) is 0.157. The van der Waals surface area contributed by atoms with E-state index in [1.165, 1.54) is 0 Å². The fraction of sp³-hybridized carbons (Fsp3) is 0.238. The molecular weight excluding hydrogens is 392 g/mol. The molecule has 0 bridgehead atoms. The van der Waals surface area contributed by atoms with Gasteiger partial charge in [0.1, 0.15) is 0 Å². The number of aromatic nitrogens is 4. The van der Waals surface area contributed by atoms with Crippen LogP contribution in [0.1, 0.15) is 16.7 Å². The maximum absolute atomic E-state index is 12.3. The van der Waals surface area contributed by atoms with Crippen LogP contribution in [0.25, 0.3) is 22.6 Å². The number of rotatable bonds is 4. The number of fused-ring (bicyclic) bond motifs is 2. The molecule has 8 heteroatoms. The van der Waals surface area contributed by atoms with Crippen molar-refractivity contribution in [3.05, 3.63) is 78.9 Å². The molecule has 0 amide bonds. The highest BCUT2D eigenvalue weighted by Crippen LogP contribution is 2.24. The van der Waals surface area contributed by atoms with Crippen LogP contribution in [-0.2, 0) is 13.0 Å². The molecule has 0 aromatic heterocycles. The summed E-state index contributed by atoms with van der Waals surface area (Å²) >= 11 is 5.92. The third-order valence-electron chi connectivity index (χ3n) is 5.00. The molecule has 0 saturated heterocycles. The van der Waals surface area contributed by atoms with Crippen LogP contribution in [0, 0.1) is 13.8 Å². The molecule has 0 fully saturated rings. The van der Waals surface area contributed by atoms with Gasteiger partial charge in [-0.25, -0.2) is 9.78 Å². The van der Waals surface area contributed by atoms with Gasteiger partial charge in [0.15, 0.2) is 11.5 Å². The van der Waals surface area contributed by atoms with Crippen LogP contribution in [-0.4, -0.2) is 30.7 Å². The summed E-state index contributed by atoms with van der Waals surface area (Å²) in [6.45, 7) is 4.08. The first-order chi connectivity index (χ1) is 13.8. The van der Waals surface area contributed by atoms with Gasteiger partial charge in [-0.05, 0) is 54.8 Å². The molecule has 0 saturated carbocycles. The van der Waals surface area contributed by atoms with Crippen molar-refractivity contribution in [1.29, 1.82) is 0 Å². The monoisotopic (exact) mass is 410 g/mol. The van der Waals surface area contributed by atoms with Gasteiger partial charge in [0.2, 0.25) is 0 Å². The van der Waals surface area contributed by atoms with E-state index in [-0.39, 0.29) is 18.1 Å². The minimum Gasteiger partial charge on any atom is -0.391 e. The molecule has 2 aromatic carbocycles. The summed E-state index contributed by atoms with van der Waals surface area (Å²) in [5, 5.41) is 11.4. The summed E-state index contributed by atoms with van der Waals surface area (Å²) in [4.78, 5) is 34.7. The highest BCUT2D eigenvalue weighted by atomic mass is 35.5. The average molecular weight is 411 g/mol. The molecule has 2 aromatic rings. The van der Waals surface area contributed by atoms with Crippen molar-refractivity contribution in [2.24, 2.45) is 0 Å². The standard InChI is InChI=1S/C21H19ClN4O3/c1-11-7-16-17(8-12(11)2)26(19-18(23-16)20(28)25-21(29)24-19)10-15(27)9-13-3-5-14(22)6-4-13/h3-8,15,27H,9-10H2,1-2H3,(H,25,28,29). The van der Waals surface area contributed by atoms with Gasteiger partial charge >= 0.3 is 5.69 Å². The number of nitrogens with one attached hydrogen (secondary N) is 1. The predicted octanol–water partition coefficient (Wildman–Crippen LogP) is 2.46. The van der Waals surface area contributed by atoms with Crippen molar-refractivity contribution in [3.63, 3.8) is 0 Å². The van der Waals surface area contributed by atoms with Gasteiger partial charge in [-0.3, -0.25) is 9.78 Å². The zero-order valence-corrected chi connectivity index (χ0v) is 16.7. The van der Waals surface area contributed by atoms with Crippen molar-refractivity contribution in [2.75, 3.05) is 0 Å². The molecule has 0 radical (unpaired) electrons. The van der Waals surface area contributed by atoms with Gasteiger partial charge in [-0.2, -0.15) is 4.98 Å². The number of hydrogen-bond acceptors (Lipinski definition) is 5. The Kier molecular flexibility index (Phi) is 4.94. The number of halogens is 1. The maximum atomic E-state index is 12.3. The Hall–Kier alpha value is -3.03. The smallest absolute Gasteiger partial charge is 0.349 e. The second-order valence-electron chi connectivity index (χ2n) is 7.18. The molecule has 148 valence electrons. The minimum atomic E-state index is -0.771. The third-order valence-corrected chi connectivity index (χ3v) is 5.25. The molecule has 0 spiro atoms. The van der Waals surface area contributed by atoms with E-state index in [1.54, 1.807) is 16.7 Å². The Morgan fingerprint density at radius 1 is 1.10 bits per heavy atom. The van der Waals surface area contributed by atoms with Gasteiger partial charge < -0.3 is 9.67 Å². The predicted molar refractivity (Wildman–Crippen MR) is 112 cm³/mol. The van der Waals surface area contributed by atoms with E-state index in [0.717, 1.165) is 16.7 Å². The number of nitrogens with zero attached hydrogens (tertiary/aromatic N) is 3. The summed E-state index contributed by atoms with van der Waals surface area (Å²) in [5.41, 5.74) is 3.02. The second-order valence-corrected chi connectivity index (χ2v) is 7.61. The summed E-state index contributed by atoms with van der Waals surface area (Å²) < 4.78 is 1.70. The summed E-state index contributed by atoms with van der Waals surface area (Å²) in [7, 11) is 0. The lowest BCUT2D eigenvalue weighted by atomic mass is 10.1. The summed E-state index contributed by atoms with van der Waals surface area (Å²) in [6.07, 6.45) is -0.388. The Morgan fingerprint density at radius 3 is 2.52 bits per heavy atom. The van der Waals surface area contributed by atoms with Crippen molar-refractivity contribution >= 4 is 22.6 Å². The zero-order chi connectivity index (χ0) is 20.7. The fourth-order valence-corrected chi connectivity index (χ4v) is 3.53. The SMILES string of the molecule is Cc1cc2nc3c(=O)[nH]c(=O)nc-3n(CC(O)Cc3ccc(Cl)cc3)c2cc1C. The van der Waals surface area contributed by atoms with Gasteiger partial charge in [0.25, 0.3) is 5.56 Å². The average Bonchev–Trinajstić information content (AvgIpc) is 2.66. The highest BCUT2D eigenvalue weighted by molar-refractivity contribution is 6.30. The quantitative estimate of drug-likeness (QED) is 0.503. The highest BCUT2D eigenvalue weighted by Gasteiger charge is 2.21. The van der Waals surface area contributed by atoms with Crippen LogP contribution in [0.3, 0.4) is 0 Å². The normalized spacial score (nSPS) is 12.6. The van der Waals surface area contributed by atoms with E-state index in [4.69, 9.17) is 11.6 Å². The Balaban J connectivity index is 1.85. The molecule has 4 rings (SSSR count). The van der Waals surface area contributed by atoms with Crippen LogP contribution in [0.2, 0.25) is 5.02 Å². The Labute approximate surface area is 171 Å². The topological polar surface area (TPSA) is 101 Å². The van der Waals surface area contributed by atoms with E-state index >= 15 is 0 Å². The number of aliphatic hydroxyl groups is 1. The number of H-pyrrole nitrogens is 1. The lowest BCUT2D eigenvalue weighted by molar-refractivity contribution is 0.156. The largest absolute Gasteiger partial charge is 0.391 e.